The lowest BCUT2D eigenvalue weighted by molar-refractivity contribution is -0.159. The van der Waals surface area contributed by atoms with Gasteiger partial charge in [0.05, 0.1) is 5.41 Å². The quantitative estimate of drug-likeness (QED) is 0.398. The highest BCUT2D eigenvalue weighted by atomic mass is 16.6. The molecule has 0 bridgehead atoms. The highest BCUT2D eigenvalue weighted by Crippen LogP contribution is 2.36. The minimum Gasteiger partial charge on any atom is -0.444 e. The molecule has 0 aliphatic carbocycles. The Balaban J connectivity index is 1.65. The van der Waals surface area contributed by atoms with Crippen LogP contribution in [-0.2, 0) is 27.2 Å². The number of nitrogens with one attached hydrogen (secondary N) is 2. The number of benzene rings is 2. The summed E-state index contributed by atoms with van der Waals surface area (Å²) in [6.45, 7) is 6.14. The molecule has 4 rings (SSSR count). The Kier molecular flexibility index (Phi) is 9.07. The largest absolute Gasteiger partial charge is 0.444 e. The number of likely N-dealkylation sites (tertiary alicyclic amines) is 1. The molecule has 41 heavy (non-hydrogen) atoms. The van der Waals surface area contributed by atoms with Crippen LogP contribution in [0.5, 0.6) is 0 Å². The molecular weight excluding hydrogens is 518 g/mol. The van der Waals surface area contributed by atoms with E-state index >= 15 is 0 Å². The van der Waals surface area contributed by atoms with Crippen LogP contribution in [0.15, 0.2) is 60.8 Å². The highest BCUT2D eigenvalue weighted by molar-refractivity contribution is 5.90. The second kappa shape index (κ2) is 12.3. The van der Waals surface area contributed by atoms with Gasteiger partial charge in [0.25, 0.3) is 0 Å². The summed E-state index contributed by atoms with van der Waals surface area (Å²) in [4.78, 5) is 46.2. The first kappa shape index (κ1) is 30.1. The van der Waals surface area contributed by atoms with Gasteiger partial charge in [0.15, 0.2) is 0 Å². The third-order valence-corrected chi connectivity index (χ3v) is 7.71. The van der Waals surface area contributed by atoms with E-state index < -0.39 is 23.2 Å². The van der Waals surface area contributed by atoms with Gasteiger partial charge in [0.2, 0.25) is 11.8 Å². The van der Waals surface area contributed by atoms with Crippen molar-refractivity contribution in [1.29, 1.82) is 0 Å². The van der Waals surface area contributed by atoms with Crippen LogP contribution in [-0.4, -0.2) is 83.7 Å². The van der Waals surface area contributed by atoms with Gasteiger partial charge in [0.1, 0.15) is 11.6 Å². The summed E-state index contributed by atoms with van der Waals surface area (Å²) in [6.07, 6.45) is 3.38. The van der Waals surface area contributed by atoms with Crippen LogP contribution in [0, 0.1) is 5.41 Å². The standard InChI is InChI=1S/C32H43N5O4/c1-31(2,3)41-30(40)34-27(19-24-21-33-26-16-11-10-15-25(24)26)28(38)37-18-12-17-32(22-37,29(39)36(6)35(4)5)20-23-13-8-7-9-14-23/h7-11,13-16,21,27,33H,12,17-20,22H2,1-6H3,(H,34,40)/t27-,32-/m1/s1. The van der Waals surface area contributed by atoms with Gasteiger partial charge in [-0.25, -0.2) is 9.80 Å². The molecule has 2 N–H and O–H groups in total. The molecule has 2 aromatic carbocycles. The molecule has 3 amide bonds. The van der Waals surface area contributed by atoms with Crippen LogP contribution in [0.1, 0.15) is 44.7 Å². The molecule has 0 saturated carbocycles. The zero-order valence-corrected chi connectivity index (χ0v) is 25.1. The Bertz CT molecular complexity index is 1360. The number of piperidine rings is 1. The topological polar surface area (TPSA) is 98.0 Å². The van der Waals surface area contributed by atoms with Crippen molar-refractivity contribution in [3.63, 3.8) is 0 Å². The van der Waals surface area contributed by atoms with E-state index in [1.807, 2.05) is 74.9 Å². The van der Waals surface area contributed by atoms with E-state index in [4.69, 9.17) is 4.74 Å². The Morgan fingerprint density at radius 1 is 1.05 bits per heavy atom. The van der Waals surface area contributed by atoms with E-state index in [0.717, 1.165) is 22.0 Å². The van der Waals surface area contributed by atoms with Crippen molar-refractivity contribution in [2.45, 2.75) is 58.1 Å². The molecular formula is C32H43N5O4. The molecule has 2 atom stereocenters. The maximum atomic E-state index is 14.2. The van der Waals surface area contributed by atoms with E-state index in [9.17, 15) is 14.4 Å². The van der Waals surface area contributed by atoms with Crippen LogP contribution in [0.2, 0.25) is 0 Å². The van der Waals surface area contributed by atoms with E-state index in [2.05, 4.69) is 10.3 Å². The number of carbonyl (C=O) groups is 3. The summed E-state index contributed by atoms with van der Waals surface area (Å²) < 4.78 is 5.53. The van der Waals surface area contributed by atoms with Crippen molar-refractivity contribution in [3.05, 3.63) is 71.9 Å². The zero-order chi connectivity index (χ0) is 29.8. The number of hydrogen-bond acceptors (Lipinski definition) is 5. The monoisotopic (exact) mass is 561 g/mol. The average molecular weight is 562 g/mol. The van der Waals surface area contributed by atoms with E-state index in [-0.39, 0.29) is 24.8 Å². The molecule has 1 saturated heterocycles. The fraction of sp³-hybridized carbons (Fsp3) is 0.469. The second-order valence-corrected chi connectivity index (χ2v) is 12.2. The molecule has 1 aliphatic heterocycles. The second-order valence-electron chi connectivity index (χ2n) is 12.2. The molecule has 2 heterocycles. The van der Waals surface area contributed by atoms with Crippen LogP contribution in [0.4, 0.5) is 4.79 Å². The minimum absolute atomic E-state index is 0.0304. The first-order valence-electron chi connectivity index (χ1n) is 14.2. The molecule has 9 heteroatoms. The summed E-state index contributed by atoms with van der Waals surface area (Å²) in [5.41, 5.74) is 1.42. The Labute approximate surface area is 242 Å². The fourth-order valence-corrected chi connectivity index (χ4v) is 5.62. The Morgan fingerprint density at radius 2 is 1.73 bits per heavy atom. The van der Waals surface area contributed by atoms with Gasteiger partial charge >= 0.3 is 6.09 Å². The van der Waals surface area contributed by atoms with Crippen molar-refractivity contribution in [1.82, 2.24) is 25.2 Å². The first-order valence-corrected chi connectivity index (χ1v) is 14.2. The SMILES string of the molecule is CN(C)N(C)C(=O)[C@@]1(Cc2ccccc2)CCCN(C(=O)[C@@H](Cc2c[nH]c3ccccc23)NC(=O)OC(C)(C)C)C1. The number of H-pyrrole nitrogens is 1. The number of para-hydroxylation sites is 1. The molecule has 220 valence electrons. The summed E-state index contributed by atoms with van der Waals surface area (Å²) >= 11 is 0. The molecule has 0 radical (unpaired) electrons. The third kappa shape index (κ3) is 7.27. The smallest absolute Gasteiger partial charge is 0.408 e. The number of rotatable bonds is 8. The molecule has 3 aromatic rings. The van der Waals surface area contributed by atoms with Crippen LogP contribution in [0.25, 0.3) is 10.9 Å². The maximum absolute atomic E-state index is 14.2. The van der Waals surface area contributed by atoms with Gasteiger partial charge in [-0.3, -0.25) is 14.6 Å². The number of aromatic nitrogens is 1. The number of aromatic amines is 1. The number of fused-ring (bicyclic) bond motifs is 1. The molecule has 9 nitrogen and oxygen atoms in total. The van der Waals surface area contributed by atoms with Crippen molar-refractivity contribution >= 4 is 28.8 Å². The van der Waals surface area contributed by atoms with Gasteiger partial charge in [-0.2, -0.15) is 0 Å². The lowest BCUT2D eigenvalue weighted by Crippen LogP contribution is -2.59. The van der Waals surface area contributed by atoms with E-state index in [0.29, 0.717) is 25.8 Å². The first-order chi connectivity index (χ1) is 19.4. The molecule has 1 aliphatic rings. The predicted octanol–water partition coefficient (Wildman–Crippen LogP) is 4.39. The van der Waals surface area contributed by atoms with Gasteiger partial charge in [0, 0.05) is 57.8 Å². The molecule has 0 spiro atoms. The fourth-order valence-electron chi connectivity index (χ4n) is 5.62. The average Bonchev–Trinajstić information content (AvgIpc) is 3.33. The van der Waals surface area contributed by atoms with Gasteiger partial charge in [-0.15, -0.1) is 0 Å². The summed E-state index contributed by atoms with van der Waals surface area (Å²) in [5, 5.41) is 7.24. The Morgan fingerprint density at radius 3 is 2.41 bits per heavy atom. The van der Waals surface area contributed by atoms with Gasteiger partial charge in [-0.05, 0) is 57.2 Å². The molecule has 1 aromatic heterocycles. The number of hydrazine groups is 1. The van der Waals surface area contributed by atoms with E-state index in [1.165, 1.54) is 0 Å². The Hall–Kier alpha value is -3.85. The summed E-state index contributed by atoms with van der Waals surface area (Å²) in [5.74, 6) is -0.254. The molecule has 1 fully saturated rings. The summed E-state index contributed by atoms with van der Waals surface area (Å²) in [6, 6.07) is 17.0. The number of amides is 3. The van der Waals surface area contributed by atoms with E-state index in [1.54, 1.807) is 42.7 Å². The number of nitrogens with zero attached hydrogens (tertiary/aromatic N) is 3. The maximum Gasteiger partial charge on any atom is 0.408 e. The van der Waals surface area contributed by atoms with Crippen LogP contribution >= 0.6 is 0 Å². The normalized spacial score (nSPS) is 18.3. The zero-order valence-electron chi connectivity index (χ0n) is 25.1. The van der Waals surface area contributed by atoms with Crippen molar-refractivity contribution in [3.8, 4) is 0 Å². The lowest BCUT2D eigenvalue weighted by Gasteiger charge is -2.45. The highest BCUT2D eigenvalue weighted by Gasteiger charge is 2.46. The van der Waals surface area contributed by atoms with Gasteiger partial charge < -0.3 is 19.9 Å². The van der Waals surface area contributed by atoms with Crippen molar-refractivity contribution in [2.24, 2.45) is 5.41 Å². The number of carbonyl (C=O) groups excluding carboxylic acids is 3. The van der Waals surface area contributed by atoms with Crippen molar-refractivity contribution in [2.75, 3.05) is 34.2 Å². The predicted molar refractivity (Wildman–Crippen MR) is 160 cm³/mol. The van der Waals surface area contributed by atoms with Crippen LogP contribution in [0.3, 0.4) is 0 Å². The minimum atomic E-state index is -0.863. The number of alkyl carbamates (subject to hydrolysis) is 1. The number of ether oxygens (including phenoxy) is 1. The lowest BCUT2D eigenvalue weighted by atomic mass is 9.74. The third-order valence-electron chi connectivity index (χ3n) is 7.71. The molecule has 0 unspecified atom stereocenters. The van der Waals surface area contributed by atoms with Gasteiger partial charge in [-0.1, -0.05) is 48.5 Å². The van der Waals surface area contributed by atoms with Crippen LogP contribution < -0.4 is 5.32 Å². The summed E-state index contributed by atoms with van der Waals surface area (Å²) in [7, 11) is 5.43. The number of hydrogen-bond donors (Lipinski definition) is 2. The van der Waals surface area contributed by atoms with Crippen molar-refractivity contribution < 1.29 is 19.1 Å².